The minimum absolute atomic E-state index is 0.141. The third-order valence-corrected chi connectivity index (χ3v) is 13.5. The Balaban J connectivity index is 1.59. The van der Waals surface area contributed by atoms with Crippen molar-refractivity contribution in [3.8, 4) is 16.8 Å². The summed E-state index contributed by atoms with van der Waals surface area (Å²) in [5.74, 6) is 0. The lowest BCUT2D eigenvalue weighted by atomic mass is 9.78. The second-order valence-electron chi connectivity index (χ2n) is 13.0. The average Bonchev–Trinajstić information content (AvgIpc) is 1.02. The Morgan fingerprint density at radius 2 is 1.02 bits per heavy atom. The first-order valence-corrected chi connectivity index (χ1v) is 18.2. The normalized spacial score (nSPS) is 22.9. The van der Waals surface area contributed by atoms with E-state index in [1.54, 1.807) is 27.7 Å². The molecule has 53 heavy (non-hydrogen) atoms. The van der Waals surface area contributed by atoms with Crippen molar-refractivity contribution in [1.29, 1.82) is 0 Å². The van der Waals surface area contributed by atoms with Gasteiger partial charge in [0, 0.05) is 16.5 Å². The zero-order chi connectivity index (χ0) is 61.4. The highest BCUT2D eigenvalue weighted by molar-refractivity contribution is 7.19. The highest BCUT2D eigenvalue weighted by Crippen LogP contribution is 2.38. The van der Waals surface area contributed by atoms with Crippen molar-refractivity contribution in [1.82, 2.24) is 4.57 Å². The maximum absolute atomic E-state index is 10.4. The summed E-state index contributed by atoms with van der Waals surface area (Å²) in [4.78, 5) is 0. The van der Waals surface area contributed by atoms with Crippen molar-refractivity contribution in [3.05, 3.63) is 181 Å². The summed E-state index contributed by atoms with van der Waals surface area (Å²) >= 11 is 0. The van der Waals surface area contributed by atoms with Crippen LogP contribution in [0.3, 0.4) is 0 Å². The molecule has 0 N–H and O–H groups in total. The maximum atomic E-state index is 10.4. The standard InChI is InChI=1S/C48H42BNO2Si/c1-47(2)48(3,4)52-49(51-47)37-19-16-18-35(32-37)36-30-31-46-44(33-36)43-28-14-15-29-45(43)50(46)38-20-17-27-42(34-38)53(39-21-8-5-9-22-39,40-23-10-6-11-24-40)41-25-12-7-13-26-41/h5-34H,1-4H3/i5D,6D,7D,8D,9D,10D,11D,12D,13D,14D,15D,16D,17D,18D,19D,20D,21D,22D,23D,24D,25D,26D,27D,28D,29D,30D,31D,33D,34D. The van der Waals surface area contributed by atoms with E-state index in [0.29, 0.717) is 4.57 Å². The molecular formula is C48H42BNO2Si. The summed E-state index contributed by atoms with van der Waals surface area (Å²) < 4.78 is 281. The van der Waals surface area contributed by atoms with E-state index in [9.17, 15) is 20.6 Å². The summed E-state index contributed by atoms with van der Waals surface area (Å²) in [6.07, 6.45) is 0. The molecule has 0 spiro atoms. The van der Waals surface area contributed by atoms with E-state index in [-0.39, 0.29) is 5.46 Å². The van der Waals surface area contributed by atoms with Crippen molar-refractivity contribution in [3.63, 3.8) is 0 Å². The molecule has 1 aliphatic heterocycles. The number of para-hydroxylation sites is 1. The Hall–Kier alpha value is -5.46. The van der Waals surface area contributed by atoms with E-state index in [4.69, 9.17) is 28.5 Å². The second-order valence-corrected chi connectivity index (χ2v) is 16.5. The molecule has 1 saturated heterocycles. The van der Waals surface area contributed by atoms with Crippen LogP contribution in [0.5, 0.6) is 0 Å². The number of rotatable bonds is 7. The highest BCUT2D eigenvalue weighted by Gasteiger charge is 2.51. The minimum atomic E-state index is -6.46. The van der Waals surface area contributed by atoms with Crippen molar-refractivity contribution < 1.29 is 49.1 Å². The van der Waals surface area contributed by atoms with Crippen molar-refractivity contribution in [2.75, 3.05) is 0 Å². The predicted molar refractivity (Wildman–Crippen MR) is 226 cm³/mol. The van der Waals surface area contributed by atoms with Gasteiger partial charge in [0.25, 0.3) is 0 Å². The largest absolute Gasteiger partial charge is 0.494 e. The lowest BCUT2D eigenvalue weighted by Gasteiger charge is -2.34. The summed E-state index contributed by atoms with van der Waals surface area (Å²) in [5.41, 5.74) is -5.91. The molecule has 0 saturated carbocycles. The Morgan fingerprint density at radius 1 is 0.491 bits per heavy atom. The van der Waals surface area contributed by atoms with Crippen LogP contribution >= 0.6 is 0 Å². The maximum Gasteiger partial charge on any atom is 0.494 e. The van der Waals surface area contributed by atoms with Gasteiger partial charge in [-0.05, 0) is 95.2 Å². The average molecular weight is 733 g/mol. The van der Waals surface area contributed by atoms with Gasteiger partial charge in [0.05, 0.1) is 62.0 Å². The summed E-state index contributed by atoms with van der Waals surface area (Å²) in [5, 5.41) is -6.05. The zero-order valence-corrected chi connectivity index (χ0v) is 29.4. The molecule has 258 valence electrons. The van der Waals surface area contributed by atoms with Gasteiger partial charge in [-0.1, -0.05) is 151 Å². The van der Waals surface area contributed by atoms with Crippen LogP contribution < -0.4 is 26.2 Å². The fourth-order valence-electron chi connectivity index (χ4n) is 6.20. The van der Waals surface area contributed by atoms with E-state index in [0.717, 1.165) is 6.07 Å². The SMILES string of the molecule is [2H]c1c(B2OC(C)(C)C(C)(C)O2)cc(-c2c([2H])c([2H])c3c(c2[2H])c2c([2H])c([2H])c([2H])c([2H])c2n3-c2c([2H])c([2H])c([2H])c([Si](c3c([2H])c([2H])c([2H])c([2H])c3[2H])(c3c([2H])c([2H])c([2H])c([2H])c3[2H])c3c([2H])c([2H])c([2H])c([2H])c3[2H])c2[2H])c([2H])c1[2H]. The van der Waals surface area contributed by atoms with Gasteiger partial charge in [-0.25, -0.2) is 0 Å². The Morgan fingerprint density at radius 3 is 1.64 bits per heavy atom. The van der Waals surface area contributed by atoms with Crippen LogP contribution in [-0.2, 0) is 9.31 Å². The molecule has 0 unspecified atom stereocenters. The molecule has 0 aliphatic carbocycles. The van der Waals surface area contributed by atoms with Gasteiger partial charge < -0.3 is 13.9 Å². The molecule has 1 aliphatic rings. The number of nitrogens with zero attached hydrogens (tertiary/aromatic N) is 1. The van der Waals surface area contributed by atoms with Crippen LogP contribution in [0.2, 0.25) is 0 Å². The Kier molecular flexibility index (Phi) is 3.50. The smallest absolute Gasteiger partial charge is 0.399 e. The van der Waals surface area contributed by atoms with Crippen LogP contribution in [0.25, 0.3) is 38.6 Å². The number of hydrogen-bond donors (Lipinski definition) is 0. The fourth-order valence-corrected chi connectivity index (χ4v) is 9.75. The number of fused-ring (bicyclic) bond motifs is 3. The topological polar surface area (TPSA) is 23.4 Å². The molecule has 3 nitrogen and oxygen atoms in total. The van der Waals surface area contributed by atoms with E-state index in [2.05, 4.69) is 0 Å². The monoisotopic (exact) mass is 732 g/mol. The summed E-state index contributed by atoms with van der Waals surface area (Å²) in [6, 6.07) is -31.3. The molecule has 0 amide bonds. The molecule has 1 aromatic heterocycles. The lowest BCUT2D eigenvalue weighted by molar-refractivity contribution is 0.00578. The zero-order valence-electron chi connectivity index (χ0n) is 57.4. The number of aromatic nitrogens is 1. The molecule has 2 heterocycles. The van der Waals surface area contributed by atoms with Crippen LogP contribution in [0.15, 0.2) is 181 Å². The summed E-state index contributed by atoms with van der Waals surface area (Å²) in [7, 11) is -7.82. The third-order valence-electron chi connectivity index (χ3n) is 9.47. The van der Waals surface area contributed by atoms with Gasteiger partial charge in [-0.3, -0.25) is 0 Å². The predicted octanol–water partition coefficient (Wildman–Crippen LogP) is 8.13. The first-order chi connectivity index (χ1) is 37.8. The molecule has 7 aromatic carbocycles. The van der Waals surface area contributed by atoms with Gasteiger partial charge in [0.15, 0.2) is 8.07 Å². The Bertz CT molecular complexity index is 3990. The number of benzene rings is 7. The van der Waals surface area contributed by atoms with Crippen LogP contribution in [-0.4, -0.2) is 31.0 Å². The Labute approximate surface area is 354 Å². The molecule has 0 atom stereocenters. The molecule has 5 heteroatoms. The van der Waals surface area contributed by atoms with Crippen molar-refractivity contribution in [2.24, 2.45) is 0 Å². The van der Waals surface area contributed by atoms with Crippen molar-refractivity contribution in [2.45, 2.75) is 38.9 Å². The second kappa shape index (κ2) is 12.9. The number of hydrogen-bond acceptors (Lipinski definition) is 2. The molecular weight excluding hydrogens is 661 g/mol. The first-order valence-electron chi connectivity index (χ1n) is 30.7. The van der Waals surface area contributed by atoms with E-state index < -0.39 is 261 Å². The van der Waals surface area contributed by atoms with Gasteiger partial charge in [-0.2, -0.15) is 0 Å². The van der Waals surface area contributed by atoms with Crippen molar-refractivity contribution >= 4 is 63.2 Å². The van der Waals surface area contributed by atoms with Gasteiger partial charge in [0.2, 0.25) is 0 Å². The molecule has 0 radical (unpaired) electrons. The molecule has 9 rings (SSSR count). The fraction of sp³-hybridized carbons (Fsp3) is 0.125. The molecule has 1 fully saturated rings. The van der Waals surface area contributed by atoms with E-state index >= 15 is 0 Å². The van der Waals surface area contributed by atoms with Crippen LogP contribution in [0.4, 0.5) is 0 Å². The van der Waals surface area contributed by atoms with Crippen LogP contribution in [0.1, 0.15) is 67.4 Å². The first kappa shape index (κ1) is 14.4. The lowest BCUT2D eigenvalue weighted by Crippen LogP contribution is -2.74. The highest BCUT2D eigenvalue weighted by atomic mass is 28.3. The van der Waals surface area contributed by atoms with Crippen LogP contribution in [0, 0.1) is 0 Å². The van der Waals surface area contributed by atoms with Gasteiger partial charge in [0.1, 0.15) is 0 Å². The van der Waals surface area contributed by atoms with Gasteiger partial charge >= 0.3 is 7.12 Å². The minimum Gasteiger partial charge on any atom is -0.399 e. The van der Waals surface area contributed by atoms with E-state index in [1.807, 2.05) is 0 Å². The third kappa shape index (κ3) is 5.50. The summed E-state index contributed by atoms with van der Waals surface area (Å²) in [6.45, 7) is 6.82. The van der Waals surface area contributed by atoms with E-state index in [1.165, 1.54) is 0 Å². The molecule has 0 bridgehead atoms. The molecule has 8 aromatic rings. The quantitative estimate of drug-likeness (QED) is 0.122. The van der Waals surface area contributed by atoms with Gasteiger partial charge in [-0.15, -0.1) is 0 Å².